The van der Waals surface area contributed by atoms with E-state index in [4.69, 9.17) is 4.74 Å². The minimum absolute atomic E-state index is 0.427. The van der Waals surface area contributed by atoms with E-state index < -0.39 is 12.4 Å². The first-order valence-electron chi connectivity index (χ1n) is 6.93. The van der Waals surface area contributed by atoms with Gasteiger partial charge < -0.3 is 17.7 Å². The Morgan fingerprint density at radius 2 is 1.45 bits per heavy atom. The van der Waals surface area contributed by atoms with E-state index >= 15 is 0 Å². The number of fused-ring (bicyclic) bond motifs is 1. The normalized spacial score (nSPS) is 11.6. The lowest BCUT2D eigenvalue weighted by molar-refractivity contribution is 0.306. The molecule has 112 valence electrons. The van der Waals surface area contributed by atoms with Crippen LogP contribution in [0, 0.1) is 0 Å². The molecule has 0 aliphatic carbocycles. The minimum atomic E-state index is -4.97. The molecule has 0 aliphatic heterocycles. The maximum atomic E-state index is 12.7. The van der Waals surface area contributed by atoms with Crippen molar-refractivity contribution >= 4 is 23.2 Å². The number of benzene rings is 3. The monoisotopic (exact) mass is 301 g/mol. The maximum Gasteiger partial charge on any atom is 0.509 e. The molecule has 0 aromatic heterocycles. The van der Waals surface area contributed by atoms with Crippen LogP contribution in [0.1, 0.15) is 5.56 Å². The molecule has 0 spiro atoms. The van der Waals surface area contributed by atoms with Crippen molar-refractivity contribution in [2.24, 2.45) is 0 Å². The van der Waals surface area contributed by atoms with Crippen LogP contribution in [0.5, 0.6) is 5.75 Å². The molecule has 0 bridgehead atoms. The average Bonchev–Trinajstić information content (AvgIpc) is 2.52. The van der Waals surface area contributed by atoms with Crippen LogP contribution in [0.2, 0.25) is 0 Å². The summed E-state index contributed by atoms with van der Waals surface area (Å²) in [6, 6.07) is 18.6. The molecule has 3 rings (SSSR count). The van der Waals surface area contributed by atoms with E-state index in [1.807, 2.05) is 30.3 Å². The number of ether oxygens (including phenoxy) is 1. The highest BCUT2D eigenvalue weighted by Gasteiger charge is 2.25. The summed E-state index contributed by atoms with van der Waals surface area (Å²) in [6.07, 6.45) is 0. The zero-order valence-electron chi connectivity index (χ0n) is 11.7. The van der Waals surface area contributed by atoms with Crippen LogP contribution in [0.4, 0.5) is 12.9 Å². The fourth-order valence-corrected chi connectivity index (χ4v) is 2.28. The van der Waals surface area contributed by atoms with Gasteiger partial charge in [-0.25, -0.2) is 0 Å². The van der Waals surface area contributed by atoms with Crippen molar-refractivity contribution in [1.82, 2.24) is 0 Å². The second-order valence-electron chi connectivity index (χ2n) is 5.12. The van der Waals surface area contributed by atoms with Gasteiger partial charge in [-0.2, -0.15) is 0 Å². The van der Waals surface area contributed by atoms with Crippen molar-refractivity contribution < 1.29 is 17.7 Å². The SMILES string of the molecule is F[B-](F)(F)c1ccc2cc(OCc3ccccc3)ccc2c1. The first-order valence-corrected chi connectivity index (χ1v) is 6.93. The Balaban J connectivity index is 1.81. The van der Waals surface area contributed by atoms with Crippen molar-refractivity contribution in [3.8, 4) is 5.75 Å². The highest BCUT2D eigenvalue weighted by atomic mass is 19.4. The molecule has 0 radical (unpaired) electrons. The van der Waals surface area contributed by atoms with Gasteiger partial charge in [0.1, 0.15) is 12.4 Å². The number of rotatable bonds is 4. The third-order valence-corrected chi connectivity index (χ3v) is 3.46. The molecule has 0 saturated heterocycles. The van der Waals surface area contributed by atoms with Gasteiger partial charge in [0.15, 0.2) is 0 Å². The summed E-state index contributed by atoms with van der Waals surface area (Å²) in [4.78, 5) is 0. The Morgan fingerprint density at radius 3 is 2.18 bits per heavy atom. The van der Waals surface area contributed by atoms with Gasteiger partial charge in [0, 0.05) is 0 Å². The fraction of sp³-hybridized carbons (Fsp3) is 0.0588. The van der Waals surface area contributed by atoms with E-state index in [0.717, 1.165) is 17.0 Å². The Bertz CT molecular complexity index is 785. The molecule has 0 N–H and O–H groups in total. The summed E-state index contributed by atoms with van der Waals surface area (Å²) < 4.78 is 43.9. The van der Waals surface area contributed by atoms with Crippen LogP contribution >= 0.6 is 0 Å². The molecular formula is C17H13BF3O-. The fourth-order valence-electron chi connectivity index (χ4n) is 2.28. The molecule has 0 heterocycles. The lowest BCUT2D eigenvalue weighted by Gasteiger charge is -2.15. The molecule has 22 heavy (non-hydrogen) atoms. The van der Waals surface area contributed by atoms with Crippen molar-refractivity contribution in [1.29, 1.82) is 0 Å². The van der Waals surface area contributed by atoms with Crippen molar-refractivity contribution in [3.63, 3.8) is 0 Å². The Labute approximate surface area is 126 Å². The van der Waals surface area contributed by atoms with Crippen molar-refractivity contribution in [3.05, 3.63) is 72.3 Å². The van der Waals surface area contributed by atoms with Gasteiger partial charge in [-0.05, 0) is 28.5 Å². The molecule has 0 aliphatic rings. The van der Waals surface area contributed by atoms with Gasteiger partial charge in [-0.1, -0.05) is 54.6 Å². The first kappa shape index (κ1) is 14.5. The molecule has 0 unspecified atom stereocenters. The quantitative estimate of drug-likeness (QED) is 0.646. The predicted octanol–water partition coefficient (Wildman–Crippen LogP) is 4.47. The molecular weight excluding hydrogens is 288 g/mol. The van der Waals surface area contributed by atoms with Gasteiger partial charge in [0.25, 0.3) is 0 Å². The second-order valence-corrected chi connectivity index (χ2v) is 5.12. The van der Waals surface area contributed by atoms with Crippen molar-refractivity contribution in [2.75, 3.05) is 0 Å². The van der Waals surface area contributed by atoms with Gasteiger partial charge in [0.05, 0.1) is 0 Å². The summed E-state index contributed by atoms with van der Waals surface area (Å²) in [6.45, 7) is -4.54. The van der Waals surface area contributed by atoms with E-state index in [1.165, 1.54) is 12.1 Å². The molecule has 0 amide bonds. The predicted molar refractivity (Wildman–Crippen MR) is 83.4 cm³/mol. The summed E-state index contributed by atoms with van der Waals surface area (Å²) in [7, 11) is 0. The van der Waals surface area contributed by atoms with Crippen LogP contribution in [-0.4, -0.2) is 6.98 Å². The Hall–Kier alpha value is -2.43. The molecule has 0 atom stereocenters. The van der Waals surface area contributed by atoms with Gasteiger partial charge in [-0.3, -0.25) is 0 Å². The summed E-state index contributed by atoms with van der Waals surface area (Å²) in [5.41, 5.74) is 0.461. The topological polar surface area (TPSA) is 9.23 Å². The van der Waals surface area contributed by atoms with Gasteiger partial charge in [-0.15, -0.1) is 5.46 Å². The highest BCUT2D eigenvalue weighted by Crippen LogP contribution is 2.22. The van der Waals surface area contributed by atoms with Crippen LogP contribution in [0.15, 0.2) is 66.7 Å². The third kappa shape index (κ3) is 3.24. The first-order chi connectivity index (χ1) is 10.5. The van der Waals surface area contributed by atoms with Crippen LogP contribution in [-0.2, 0) is 6.61 Å². The third-order valence-electron chi connectivity index (χ3n) is 3.46. The molecule has 3 aromatic carbocycles. The Morgan fingerprint density at radius 1 is 0.773 bits per heavy atom. The zero-order chi connectivity index (χ0) is 15.6. The summed E-state index contributed by atoms with van der Waals surface area (Å²) in [5, 5.41) is 1.29. The number of hydrogen-bond donors (Lipinski definition) is 0. The standard InChI is InChI=1S/C17H13BF3O/c19-18(20,21)16-8-6-15-11-17(9-7-14(15)10-16)22-12-13-4-2-1-3-5-13/h1-11H,12H2/q-1. The van der Waals surface area contributed by atoms with Crippen LogP contribution in [0.25, 0.3) is 10.8 Å². The molecule has 0 fully saturated rings. The van der Waals surface area contributed by atoms with Crippen molar-refractivity contribution in [2.45, 2.75) is 6.61 Å². The Kier molecular flexibility index (Phi) is 3.80. The molecule has 5 heteroatoms. The highest BCUT2D eigenvalue weighted by molar-refractivity contribution is 6.73. The minimum Gasteiger partial charge on any atom is -0.489 e. The van der Waals surface area contributed by atoms with Gasteiger partial charge in [0.2, 0.25) is 0 Å². The van der Waals surface area contributed by atoms with E-state index in [0.29, 0.717) is 17.7 Å². The number of halogens is 3. The van der Waals surface area contributed by atoms with Crippen LogP contribution in [0.3, 0.4) is 0 Å². The average molecular weight is 301 g/mol. The smallest absolute Gasteiger partial charge is 0.489 e. The lowest BCUT2D eigenvalue weighted by Crippen LogP contribution is -2.33. The second kappa shape index (κ2) is 5.75. The summed E-state index contributed by atoms with van der Waals surface area (Å²) >= 11 is 0. The summed E-state index contributed by atoms with van der Waals surface area (Å²) in [5.74, 6) is 0.640. The molecule has 0 saturated carbocycles. The van der Waals surface area contributed by atoms with E-state index in [1.54, 1.807) is 18.2 Å². The van der Waals surface area contributed by atoms with E-state index in [9.17, 15) is 12.9 Å². The maximum absolute atomic E-state index is 12.7. The zero-order valence-corrected chi connectivity index (χ0v) is 11.7. The number of hydrogen-bond acceptors (Lipinski definition) is 1. The molecule has 3 aromatic rings. The largest absolute Gasteiger partial charge is 0.509 e. The van der Waals surface area contributed by atoms with E-state index in [-0.39, 0.29) is 0 Å². The molecule has 1 nitrogen and oxygen atoms in total. The van der Waals surface area contributed by atoms with E-state index in [2.05, 4.69) is 0 Å². The van der Waals surface area contributed by atoms with Gasteiger partial charge >= 0.3 is 6.98 Å². The van der Waals surface area contributed by atoms with Crippen LogP contribution < -0.4 is 10.2 Å². The lowest BCUT2D eigenvalue weighted by atomic mass is 9.79.